The van der Waals surface area contributed by atoms with E-state index in [0.29, 0.717) is 34.4 Å². The molecule has 81 heavy (non-hydrogen) atoms. The van der Waals surface area contributed by atoms with Gasteiger partial charge in [0.05, 0.1) is 0 Å². The number of nitrogens with zero attached hydrogens (tertiary/aromatic N) is 4. The highest BCUT2D eigenvalue weighted by Crippen LogP contribution is 2.29. The second-order valence-electron chi connectivity index (χ2n) is 25.6. The van der Waals surface area contributed by atoms with E-state index in [-0.39, 0.29) is 11.3 Å². The number of hydrogen-bond donors (Lipinski definition) is 0. The van der Waals surface area contributed by atoms with Gasteiger partial charge in [-0.3, -0.25) is 0 Å². The van der Waals surface area contributed by atoms with E-state index in [2.05, 4.69) is 203 Å². The Hall–Kier alpha value is -6.52. The van der Waals surface area contributed by atoms with Crippen LogP contribution in [0.2, 0.25) is 0 Å². The molecule has 0 aliphatic rings. The number of aromatic nitrogens is 4. The second-order valence-corrected chi connectivity index (χ2v) is 25.6. The largest absolute Gasteiger partial charge is 0.212 e. The predicted molar refractivity (Wildman–Crippen MR) is 348 cm³/mol. The highest BCUT2D eigenvalue weighted by molar-refractivity contribution is 5.65. The topological polar surface area (TPSA) is 15.5 Å². The number of hydrogen-bond acceptors (Lipinski definition) is 0. The molecule has 0 N–H and O–H groups in total. The fourth-order valence-electron chi connectivity index (χ4n) is 10.7. The molecule has 8 rings (SSSR count). The van der Waals surface area contributed by atoms with E-state index >= 15 is 0 Å². The Kier molecular flexibility index (Phi) is 19.2. The second kappa shape index (κ2) is 28.9. The van der Waals surface area contributed by atoms with Crippen LogP contribution in [0.4, 0.5) is 0 Å². The van der Waals surface area contributed by atoms with Gasteiger partial charge in [0.2, 0.25) is 22.8 Å². The molecule has 0 saturated heterocycles. The van der Waals surface area contributed by atoms with Crippen molar-refractivity contribution in [1.29, 1.82) is 0 Å². The van der Waals surface area contributed by atoms with Gasteiger partial charge in [-0.05, 0) is 186 Å². The number of benzene rings is 4. The molecule has 0 aliphatic heterocycles. The lowest BCUT2D eigenvalue weighted by Crippen LogP contribution is -2.33. The Morgan fingerprint density at radius 1 is 0.370 bits per heavy atom. The van der Waals surface area contributed by atoms with E-state index in [9.17, 15) is 0 Å². The first kappa shape index (κ1) is 53.8. The van der Waals surface area contributed by atoms with Crippen molar-refractivity contribution in [2.24, 2.45) is 51.9 Å². The van der Waals surface area contributed by atoms with Gasteiger partial charge in [0.25, 0.3) is 0 Å². The first-order chi connectivity index (χ1) is 41.1. The molecule has 4 heterocycles. The molecule has 4 aromatic heterocycles. The minimum Gasteiger partial charge on any atom is -0.201 e. The van der Waals surface area contributed by atoms with Crippen molar-refractivity contribution in [2.45, 2.75) is 169 Å². The minimum absolute atomic E-state index is 0.108. The third-order valence-electron chi connectivity index (χ3n) is 14.9. The van der Waals surface area contributed by atoms with Gasteiger partial charge in [0.1, 0.15) is 28.2 Å². The van der Waals surface area contributed by atoms with E-state index < -0.39 is 20.1 Å². The SMILES string of the molecule is Cc1ccc(-c2cc(C)c(CC(C)C)c[n+]2C)c(C)c1.Cc1ccccc1-c1cc(CC(C)C)c(CC(C)C)c[n+]1C.[2H]C([2H])([2H])c1ccc(-c2cc(C)c(C([2H])([2H])C(C)C)c[n+]2C)c(C)c1.[2H]C([2H])([2H])c1ccc(-c2ccc(C(C)(C)C)c[n+]2C)c(C)c1. The molecule has 0 aliphatic carbocycles. The van der Waals surface area contributed by atoms with Gasteiger partial charge in [-0.1, -0.05) is 147 Å². The zero-order valence-electron chi connectivity index (χ0n) is 61.9. The summed E-state index contributed by atoms with van der Waals surface area (Å²) in [4.78, 5) is 0. The quantitative estimate of drug-likeness (QED) is 0.108. The summed E-state index contributed by atoms with van der Waals surface area (Å²) in [6.07, 6.45) is 10.7. The first-order valence-corrected chi connectivity index (χ1v) is 29.5. The Morgan fingerprint density at radius 2 is 0.765 bits per heavy atom. The van der Waals surface area contributed by atoms with Gasteiger partial charge in [-0.15, -0.1) is 0 Å². The lowest BCUT2D eigenvalue weighted by molar-refractivity contribution is -0.661. The van der Waals surface area contributed by atoms with E-state index in [1.165, 1.54) is 67.0 Å². The van der Waals surface area contributed by atoms with Gasteiger partial charge in [0.15, 0.2) is 24.8 Å². The average Bonchev–Trinajstić information content (AvgIpc) is 2.84. The molecule has 0 radical (unpaired) electrons. The maximum absolute atomic E-state index is 8.36. The maximum atomic E-state index is 8.36. The molecule has 0 unspecified atom stereocenters. The van der Waals surface area contributed by atoms with Crippen LogP contribution in [0, 0.1) is 85.8 Å². The molecule has 0 bridgehead atoms. The summed E-state index contributed by atoms with van der Waals surface area (Å²) in [5.74, 6) is 1.94. The summed E-state index contributed by atoms with van der Waals surface area (Å²) in [6, 6.07) is 36.9. The van der Waals surface area contributed by atoms with Gasteiger partial charge in [-0.25, -0.2) is 18.3 Å². The molecule has 430 valence electrons. The van der Waals surface area contributed by atoms with Crippen LogP contribution < -0.4 is 18.3 Å². The Balaban J connectivity index is 0.000000217. The summed E-state index contributed by atoms with van der Waals surface area (Å²) in [5.41, 5.74) is 24.8. The van der Waals surface area contributed by atoms with Crippen LogP contribution >= 0.6 is 0 Å². The summed E-state index contributed by atoms with van der Waals surface area (Å²) in [5, 5.41) is 0. The Bertz CT molecular complexity index is 3660. The van der Waals surface area contributed by atoms with Crippen molar-refractivity contribution in [1.82, 2.24) is 0 Å². The van der Waals surface area contributed by atoms with Crippen LogP contribution in [-0.4, -0.2) is 0 Å². The fourth-order valence-corrected chi connectivity index (χ4v) is 10.7. The predicted octanol–water partition coefficient (Wildman–Crippen LogP) is 17.6. The lowest BCUT2D eigenvalue weighted by atomic mass is 9.88. The summed E-state index contributed by atoms with van der Waals surface area (Å²) in [7, 11) is 8.25. The van der Waals surface area contributed by atoms with E-state index in [4.69, 9.17) is 11.0 Å². The molecule has 0 atom stereocenters. The molecule has 4 heteroatoms. The molecular formula is C77H106N4+4. The van der Waals surface area contributed by atoms with Crippen LogP contribution in [0.25, 0.3) is 45.0 Å². The summed E-state index contributed by atoms with van der Waals surface area (Å²) in [6.45, 7) is 34.5. The summed E-state index contributed by atoms with van der Waals surface area (Å²) >= 11 is 0. The molecule has 0 amide bonds. The number of aryl methyl sites for hydroxylation is 13. The fraction of sp³-hybridized carbons (Fsp3) is 0.429. The monoisotopic (exact) mass is 1090 g/mol. The molecule has 0 fully saturated rings. The molecule has 8 aromatic rings. The number of pyridine rings is 4. The van der Waals surface area contributed by atoms with E-state index in [1.54, 1.807) is 24.3 Å². The molecule has 0 saturated carbocycles. The number of rotatable bonds is 12. The van der Waals surface area contributed by atoms with Gasteiger partial charge < -0.3 is 0 Å². The van der Waals surface area contributed by atoms with Crippen LogP contribution in [0.3, 0.4) is 0 Å². The lowest BCUT2D eigenvalue weighted by Gasteiger charge is -2.17. The molecule has 0 spiro atoms. The van der Waals surface area contributed by atoms with Crippen LogP contribution in [0.15, 0.2) is 134 Å². The van der Waals surface area contributed by atoms with Crippen LogP contribution in [0.1, 0.15) is 165 Å². The van der Waals surface area contributed by atoms with Gasteiger partial charge >= 0.3 is 0 Å². The third kappa shape index (κ3) is 18.5. The molecule has 4 aromatic carbocycles. The van der Waals surface area contributed by atoms with E-state index in [0.717, 1.165) is 58.5 Å². The first-order valence-electron chi connectivity index (χ1n) is 33.5. The maximum Gasteiger partial charge on any atom is 0.212 e. The minimum atomic E-state index is -2.11. The van der Waals surface area contributed by atoms with Crippen molar-refractivity contribution in [3.05, 3.63) is 212 Å². The van der Waals surface area contributed by atoms with Crippen molar-refractivity contribution in [3.8, 4) is 45.0 Å². The Labute approximate surface area is 505 Å². The van der Waals surface area contributed by atoms with Crippen molar-refractivity contribution in [3.63, 3.8) is 0 Å². The zero-order chi connectivity index (χ0) is 67.0. The molecule has 4 nitrogen and oxygen atoms in total. The van der Waals surface area contributed by atoms with Gasteiger partial charge in [-0.2, -0.15) is 0 Å². The highest BCUT2D eigenvalue weighted by Gasteiger charge is 2.22. The summed E-state index contributed by atoms with van der Waals surface area (Å²) < 4.78 is 70.5. The smallest absolute Gasteiger partial charge is 0.201 e. The zero-order valence-corrected chi connectivity index (χ0v) is 53.9. The molecular weight excluding hydrogens is 981 g/mol. The Morgan fingerprint density at radius 3 is 1.22 bits per heavy atom. The third-order valence-corrected chi connectivity index (χ3v) is 14.9. The van der Waals surface area contributed by atoms with Crippen molar-refractivity contribution >= 4 is 0 Å². The van der Waals surface area contributed by atoms with E-state index in [1.807, 2.05) is 77.7 Å². The van der Waals surface area contributed by atoms with Crippen LogP contribution in [-0.2, 0) is 59.2 Å². The highest BCUT2D eigenvalue weighted by atomic mass is 14.9. The van der Waals surface area contributed by atoms with Crippen molar-refractivity contribution in [2.75, 3.05) is 0 Å². The standard InChI is InChI=1S/C21H30N.2C19H26N.C18H24N/c1-15(2)11-18-13-21(20-10-8-7-9-17(20)5)22(6)14-19(18)12-16(3)4;2*1-13(2)9-17-12-20(6)19(11-15(17)4)18-8-7-14(3)10-16(18)5;1-13-7-9-16(14(2)11-13)17-10-8-15(12-19(17)6)18(3,4)5/h7-10,13-16H,11-12H2,1-6H3;2*7-8,10-13H,9H2,1-6H3;7-12H,1-6H3/q4*+1/i;3D3,9D2;;1D3. The van der Waals surface area contributed by atoms with Crippen LogP contribution in [0.5, 0.6) is 0 Å². The average molecular weight is 1100 g/mol. The van der Waals surface area contributed by atoms with Gasteiger partial charge in [0, 0.05) is 79.7 Å². The van der Waals surface area contributed by atoms with Crippen molar-refractivity contribution < 1.29 is 29.2 Å². The normalized spacial score (nSPS) is 13.3.